The summed E-state index contributed by atoms with van der Waals surface area (Å²) in [6, 6.07) is 16.2. The summed E-state index contributed by atoms with van der Waals surface area (Å²) in [6.45, 7) is 6.13. The van der Waals surface area contributed by atoms with Crippen molar-refractivity contribution in [3.8, 4) is 6.07 Å². The minimum absolute atomic E-state index is 0.0485. The highest BCUT2D eigenvalue weighted by molar-refractivity contribution is 6.31. The largest absolute Gasteiger partial charge is 0.478 e. The van der Waals surface area contributed by atoms with Crippen LogP contribution in [0.5, 0.6) is 0 Å². The number of carboxylic acids is 1. The first-order valence-corrected chi connectivity index (χ1v) is 14.5. The Hall–Kier alpha value is -3.47. The molecule has 4 rings (SSSR count). The quantitative estimate of drug-likeness (QED) is 0.277. The molecule has 0 aromatic heterocycles. The van der Waals surface area contributed by atoms with Crippen molar-refractivity contribution < 1.29 is 23.5 Å². The third-order valence-corrected chi connectivity index (χ3v) is 8.40. The van der Waals surface area contributed by atoms with E-state index < -0.39 is 35.0 Å². The molecular weight excluding hydrogens is 581 g/mol. The molecule has 0 aliphatic carbocycles. The van der Waals surface area contributed by atoms with Gasteiger partial charge >= 0.3 is 5.97 Å². The number of aryl methyl sites for hydroxylation is 1. The molecule has 3 aromatic rings. The third-order valence-electron chi connectivity index (χ3n) is 7.88. The fourth-order valence-corrected chi connectivity index (χ4v) is 6.46. The van der Waals surface area contributed by atoms with E-state index in [4.69, 9.17) is 28.3 Å². The van der Waals surface area contributed by atoms with Crippen molar-refractivity contribution in [3.63, 3.8) is 0 Å². The molecule has 5 nitrogen and oxygen atoms in total. The summed E-state index contributed by atoms with van der Waals surface area (Å²) < 4.78 is 31.5. The van der Waals surface area contributed by atoms with Crippen LogP contribution in [0.2, 0.25) is 10.0 Å². The summed E-state index contributed by atoms with van der Waals surface area (Å²) in [6.07, 6.45) is 1.49. The van der Waals surface area contributed by atoms with Gasteiger partial charge in [0.2, 0.25) is 5.91 Å². The van der Waals surface area contributed by atoms with E-state index in [2.05, 4.69) is 6.07 Å². The van der Waals surface area contributed by atoms with E-state index >= 15 is 8.78 Å². The fraction of sp³-hybridized carbons (Fsp3) is 0.364. The van der Waals surface area contributed by atoms with E-state index in [0.717, 1.165) is 11.6 Å². The fourth-order valence-electron chi connectivity index (χ4n) is 6.12. The number of carbonyl (C=O) groups excluding carboxylic acids is 1. The van der Waals surface area contributed by atoms with Crippen molar-refractivity contribution in [1.82, 2.24) is 4.90 Å². The van der Waals surface area contributed by atoms with Crippen molar-refractivity contribution in [1.29, 1.82) is 5.26 Å². The first-order valence-electron chi connectivity index (χ1n) is 13.7. The van der Waals surface area contributed by atoms with Crippen molar-refractivity contribution in [2.75, 3.05) is 6.54 Å². The van der Waals surface area contributed by atoms with E-state index in [-0.39, 0.29) is 51.0 Å². The molecular formula is C33H32Cl2F2N2O3. The van der Waals surface area contributed by atoms with Gasteiger partial charge in [0.05, 0.1) is 22.7 Å². The molecule has 1 heterocycles. The van der Waals surface area contributed by atoms with Crippen LogP contribution in [-0.2, 0) is 16.6 Å². The Morgan fingerprint density at radius 2 is 1.79 bits per heavy atom. The van der Waals surface area contributed by atoms with Gasteiger partial charge in [-0.2, -0.15) is 5.26 Å². The summed E-state index contributed by atoms with van der Waals surface area (Å²) in [5.74, 6) is -3.31. The number of carbonyl (C=O) groups is 2. The molecule has 3 atom stereocenters. The van der Waals surface area contributed by atoms with Crippen molar-refractivity contribution >= 4 is 35.1 Å². The Balaban J connectivity index is 1.78. The minimum atomic E-state index is -1.63. The Labute approximate surface area is 254 Å². The second-order valence-corrected chi connectivity index (χ2v) is 12.9. The minimum Gasteiger partial charge on any atom is -0.478 e. The van der Waals surface area contributed by atoms with Gasteiger partial charge in [0.25, 0.3) is 0 Å². The average molecular weight is 614 g/mol. The predicted octanol–water partition coefficient (Wildman–Crippen LogP) is 8.39. The average Bonchev–Trinajstić information content (AvgIpc) is 3.23. The number of nitriles is 1. The lowest BCUT2D eigenvalue weighted by atomic mass is 9.63. The smallest absolute Gasteiger partial charge is 0.335 e. The molecule has 1 saturated heterocycles. The molecule has 0 saturated carbocycles. The molecule has 1 fully saturated rings. The highest BCUT2D eigenvalue weighted by Crippen LogP contribution is 2.56. The second-order valence-electron chi connectivity index (χ2n) is 12.0. The maximum atomic E-state index is 15.7. The number of carboxylic acid groups (broad SMARTS) is 1. The molecule has 42 heavy (non-hydrogen) atoms. The van der Waals surface area contributed by atoms with Gasteiger partial charge in [-0.05, 0) is 60.6 Å². The molecule has 0 spiro atoms. The summed E-state index contributed by atoms with van der Waals surface area (Å²) >= 11 is 12.3. The summed E-state index contributed by atoms with van der Waals surface area (Å²) in [7, 11) is 0. The topological polar surface area (TPSA) is 81.4 Å². The molecule has 0 unspecified atom stereocenters. The Kier molecular flexibility index (Phi) is 9.30. The standard InChI is InChI=1S/C33H32Cl2F2N2O3/c1-32(2,3)17-22-18-39(28(40)9-4-6-20-10-12-21(13-11-20)31(41)42)30(24-7-5-8-26(35)29(24)37)33(22,19-38)25-15-14-23(34)16-27(25)36/h5,7-8,10-16,22,30H,4,6,9,17-18H2,1-3H3,(H,41,42)/t22-,30-,33-/m1/s1. The zero-order chi connectivity index (χ0) is 30.8. The number of nitrogens with zero attached hydrogens (tertiary/aromatic N) is 2. The van der Waals surface area contributed by atoms with E-state index in [9.17, 15) is 14.9 Å². The van der Waals surface area contributed by atoms with Crippen LogP contribution in [-0.4, -0.2) is 28.4 Å². The van der Waals surface area contributed by atoms with Crippen LogP contribution in [0.3, 0.4) is 0 Å². The maximum absolute atomic E-state index is 15.7. The Morgan fingerprint density at radius 3 is 2.38 bits per heavy atom. The van der Waals surface area contributed by atoms with E-state index in [1.807, 2.05) is 20.8 Å². The summed E-state index contributed by atoms with van der Waals surface area (Å²) in [5.41, 5.74) is -0.782. The highest BCUT2D eigenvalue weighted by Gasteiger charge is 2.59. The van der Waals surface area contributed by atoms with Gasteiger partial charge in [-0.25, -0.2) is 13.6 Å². The molecule has 0 bridgehead atoms. The number of halogens is 4. The number of benzene rings is 3. The lowest BCUT2D eigenvalue weighted by molar-refractivity contribution is -0.132. The zero-order valence-corrected chi connectivity index (χ0v) is 25.1. The van der Waals surface area contributed by atoms with Gasteiger partial charge < -0.3 is 10.0 Å². The van der Waals surface area contributed by atoms with Crippen LogP contribution in [0.4, 0.5) is 8.78 Å². The molecule has 3 aromatic carbocycles. The van der Waals surface area contributed by atoms with Crippen LogP contribution in [0, 0.1) is 34.3 Å². The van der Waals surface area contributed by atoms with Gasteiger partial charge in [-0.1, -0.05) is 74.3 Å². The number of likely N-dealkylation sites (tertiary alicyclic amines) is 1. The molecule has 0 radical (unpaired) electrons. The number of hydrogen-bond acceptors (Lipinski definition) is 3. The number of rotatable bonds is 8. The molecule has 1 aliphatic heterocycles. The van der Waals surface area contributed by atoms with Crippen LogP contribution >= 0.6 is 23.2 Å². The Morgan fingerprint density at radius 1 is 1.10 bits per heavy atom. The van der Waals surface area contributed by atoms with E-state index in [0.29, 0.717) is 19.3 Å². The summed E-state index contributed by atoms with van der Waals surface area (Å²) in [5, 5.41) is 20.1. The SMILES string of the molecule is CC(C)(C)C[C@@H]1CN(C(=O)CCCc2ccc(C(=O)O)cc2)[C@H](c2cccc(Cl)c2F)[C@@]1(C#N)c1ccc(Cl)cc1F. The number of amides is 1. The van der Waals surface area contributed by atoms with Gasteiger partial charge in [0.15, 0.2) is 0 Å². The van der Waals surface area contributed by atoms with Crippen molar-refractivity contribution in [3.05, 3.63) is 105 Å². The monoisotopic (exact) mass is 612 g/mol. The van der Waals surface area contributed by atoms with Crippen LogP contribution in [0.25, 0.3) is 0 Å². The molecule has 9 heteroatoms. The molecule has 220 valence electrons. The van der Waals surface area contributed by atoms with Crippen LogP contribution in [0.15, 0.2) is 60.7 Å². The van der Waals surface area contributed by atoms with E-state index in [1.54, 1.807) is 18.2 Å². The van der Waals surface area contributed by atoms with Gasteiger partial charge in [-0.15, -0.1) is 0 Å². The van der Waals surface area contributed by atoms with Crippen molar-refractivity contribution in [2.45, 2.75) is 57.9 Å². The number of aromatic carboxylic acids is 1. The molecule has 1 amide bonds. The third kappa shape index (κ3) is 6.30. The lowest BCUT2D eigenvalue weighted by Gasteiger charge is -2.38. The van der Waals surface area contributed by atoms with Crippen molar-refractivity contribution in [2.24, 2.45) is 11.3 Å². The van der Waals surface area contributed by atoms with E-state index in [1.165, 1.54) is 41.3 Å². The lowest BCUT2D eigenvalue weighted by Crippen LogP contribution is -2.41. The zero-order valence-electron chi connectivity index (χ0n) is 23.6. The van der Waals surface area contributed by atoms with Gasteiger partial charge in [-0.3, -0.25) is 4.79 Å². The van der Waals surface area contributed by atoms with Crippen LogP contribution in [0.1, 0.15) is 73.1 Å². The summed E-state index contributed by atoms with van der Waals surface area (Å²) in [4.78, 5) is 26.6. The predicted molar refractivity (Wildman–Crippen MR) is 158 cm³/mol. The first-order chi connectivity index (χ1) is 19.8. The maximum Gasteiger partial charge on any atom is 0.335 e. The normalized spacial score (nSPS) is 20.4. The highest BCUT2D eigenvalue weighted by atomic mass is 35.5. The van der Waals surface area contributed by atoms with Gasteiger partial charge in [0.1, 0.15) is 17.0 Å². The molecule has 1 N–H and O–H groups in total. The number of hydrogen-bond donors (Lipinski definition) is 1. The molecule has 1 aliphatic rings. The Bertz CT molecular complexity index is 1530. The first kappa shape index (κ1) is 31.5. The van der Waals surface area contributed by atoms with Gasteiger partial charge in [0, 0.05) is 35.0 Å². The van der Waals surface area contributed by atoms with Crippen LogP contribution < -0.4 is 0 Å². The second kappa shape index (κ2) is 12.4.